The summed E-state index contributed by atoms with van der Waals surface area (Å²) in [6.07, 6.45) is 0. The Morgan fingerprint density at radius 3 is 1.75 bits per heavy atom. The highest BCUT2D eigenvalue weighted by molar-refractivity contribution is 5.68. The molecule has 2 rings (SSSR count). The van der Waals surface area contributed by atoms with Crippen LogP contribution in [0.2, 0.25) is 0 Å². The third-order valence-electron chi connectivity index (χ3n) is 3.67. The van der Waals surface area contributed by atoms with Crippen LogP contribution >= 0.6 is 0 Å². The Morgan fingerprint density at radius 1 is 0.708 bits per heavy atom. The number of methoxy groups -OCH3 is 2. The number of hydrogen-bond donors (Lipinski definition) is 0. The molecule has 0 radical (unpaired) electrons. The third-order valence-corrected chi connectivity index (χ3v) is 3.67. The van der Waals surface area contributed by atoms with E-state index in [1.165, 1.54) is 0 Å². The lowest BCUT2D eigenvalue weighted by Gasteiger charge is -2.22. The van der Waals surface area contributed by atoms with Crippen LogP contribution in [-0.4, -0.2) is 34.5 Å². The van der Waals surface area contributed by atoms with Crippen molar-refractivity contribution >= 4 is 11.4 Å². The van der Waals surface area contributed by atoms with Crippen LogP contribution in [0, 0.1) is 0 Å². The van der Waals surface area contributed by atoms with Gasteiger partial charge in [-0.2, -0.15) is 0 Å². The second-order valence-electron chi connectivity index (χ2n) is 5.10. The molecule has 0 saturated carbocycles. The van der Waals surface area contributed by atoms with E-state index < -0.39 is 0 Å². The molecule has 130 valence electrons. The van der Waals surface area contributed by atoms with E-state index in [1.54, 1.807) is 14.2 Å². The molecule has 0 aromatic heterocycles. The van der Waals surface area contributed by atoms with E-state index in [0.29, 0.717) is 24.7 Å². The molecule has 0 bridgehead atoms. The van der Waals surface area contributed by atoms with Crippen molar-refractivity contribution in [2.75, 3.05) is 39.4 Å². The molecule has 0 aliphatic heterocycles. The summed E-state index contributed by atoms with van der Waals surface area (Å²) in [6, 6.07) is 11.7. The highest BCUT2D eigenvalue weighted by atomic mass is 16.5. The molecule has 0 spiro atoms. The fourth-order valence-corrected chi connectivity index (χ4v) is 2.43. The van der Waals surface area contributed by atoms with Crippen LogP contribution in [0.5, 0.6) is 23.0 Å². The lowest BCUT2D eigenvalue weighted by atomic mass is 10.2. The van der Waals surface area contributed by atoms with Gasteiger partial charge in [-0.15, -0.1) is 0 Å². The summed E-state index contributed by atoms with van der Waals surface area (Å²) in [5.41, 5.74) is 1.98. The van der Waals surface area contributed by atoms with Crippen molar-refractivity contribution in [2.45, 2.75) is 13.8 Å². The Morgan fingerprint density at radius 2 is 1.21 bits per heavy atom. The highest BCUT2D eigenvalue weighted by Gasteiger charge is 2.12. The van der Waals surface area contributed by atoms with Gasteiger partial charge in [-0.25, -0.2) is 0 Å². The van der Waals surface area contributed by atoms with Gasteiger partial charge < -0.3 is 23.8 Å². The van der Waals surface area contributed by atoms with Gasteiger partial charge in [-0.05, 0) is 38.1 Å². The van der Waals surface area contributed by atoms with Gasteiger partial charge in [0.2, 0.25) is 0 Å². The lowest BCUT2D eigenvalue weighted by molar-refractivity contribution is 0.288. The first kappa shape index (κ1) is 17.8. The average molecular weight is 331 g/mol. The smallest absolute Gasteiger partial charge is 0.163 e. The van der Waals surface area contributed by atoms with E-state index in [1.807, 2.05) is 57.3 Å². The largest absolute Gasteiger partial charge is 0.493 e. The van der Waals surface area contributed by atoms with Crippen molar-refractivity contribution in [2.24, 2.45) is 0 Å². The maximum atomic E-state index is 5.70. The third kappa shape index (κ3) is 3.85. The van der Waals surface area contributed by atoms with Crippen LogP contribution < -0.4 is 23.8 Å². The van der Waals surface area contributed by atoms with Crippen molar-refractivity contribution in [1.82, 2.24) is 0 Å². The number of nitrogens with zero attached hydrogens (tertiary/aromatic N) is 1. The van der Waals surface area contributed by atoms with E-state index in [4.69, 9.17) is 18.9 Å². The fraction of sp³-hybridized carbons (Fsp3) is 0.368. The Balaban J connectivity index is 2.35. The van der Waals surface area contributed by atoms with Gasteiger partial charge in [0.1, 0.15) is 0 Å². The summed E-state index contributed by atoms with van der Waals surface area (Å²) in [5, 5.41) is 0. The molecule has 2 aromatic rings. The minimum atomic E-state index is 0.587. The summed E-state index contributed by atoms with van der Waals surface area (Å²) in [4.78, 5) is 2.06. The minimum absolute atomic E-state index is 0.587. The van der Waals surface area contributed by atoms with E-state index >= 15 is 0 Å². The van der Waals surface area contributed by atoms with Gasteiger partial charge in [0.15, 0.2) is 23.0 Å². The summed E-state index contributed by atoms with van der Waals surface area (Å²) < 4.78 is 22.0. The van der Waals surface area contributed by atoms with Crippen molar-refractivity contribution in [1.29, 1.82) is 0 Å². The Kier molecular flexibility index (Phi) is 6.18. The van der Waals surface area contributed by atoms with Crippen LogP contribution in [0.3, 0.4) is 0 Å². The zero-order chi connectivity index (χ0) is 17.5. The van der Waals surface area contributed by atoms with E-state index in [0.717, 1.165) is 22.9 Å². The van der Waals surface area contributed by atoms with Gasteiger partial charge in [0, 0.05) is 30.6 Å². The first-order valence-corrected chi connectivity index (χ1v) is 8.00. The molecule has 0 aliphatic rings. The van der Waals surface area contributed by atoms with Gasteiger partial charge in [0.05, 0.1) is 27.4 Å². The molecule has 0 atom stereocenters. The highest BCUT2D eigenvalue weighted by Crippen LogP contribution is 2.37. The summed E-state index contributed by atoms with van der Waals surface area (Å²) in [6.45, 7) is 5.11. The molecule has 0 aliphatic carbocycles. The molecule has 0 fully saturated rings. The Bertz CT molecular complexity index is 672. The number of hydrogen-bond acceptors (Lipinski definition) is 5. The van der Waals surface area contributed by atoms with Crippen molar-refractivity contribution in [3.8, 4) is 23.0 Å². The second kappa shape index (κ2) is 8.34. The molecule has 0 amide bonds. The lowest BCUT2D eigenvalue weighted by Crippen LogP contribution is -2.10. The molecular weight excluding hydrogens is 306 g/mol. The fourth-order valence-electron chi connectivity index (χ4n) is 2.43. The van der Waals surface area contributed by atoms with Crippen LogP contribution in [0.4, 0.5) is 11.4 Å². The van der Waals surface area contributed by atoms with Crippen molar-refractivity contribution < 1.29 is 18.9 Å². The molecule has 2 aromatic carbocycles. The van der Waals surface area contributed by atoms with E-state index in [9.17, 15) is 0 Å². The van der Waals surface area contributed by atoms with Gasteiger partial charge in [0.25, 0.3) is 0 Å². The molecule has 0 saturated heterocycles. The normalized spacial score (nSPS) is 10.2. The molecule has 24 heavy (non-hydrogen) atoms. The van der Waals surface area contributed by atoms with Gasteiger partial charge in [-0.1, -0.05) is 0 Å². The first-order chi connectivity index (χ1) is 11.6. The van der Waals surface area contributed by atoms with E-state index in [-0.39, 0.29) is 0 Å². The number of ether oxygens (including phenoxy) is 4. The zero-order valence-corrected chi connectivity index (χ0v) is 15.0. The van der Waals surface area contributed by atoms with Crippen LogP contribution in [0.15, 0.2) is 36.4 Å². The van der Waals surface area contributed by atoms with E-state index in [2.05, 4.69) is 4.90 Å². The second-order valence-corrected chi connectivity index (χ2v) is 5.10. The molecule has 5 heteroatoms. The predicted molar refractivity (Wildman–Crippen MR) is 96.4 cm³/mol. The van der Waals surface area contributed by atoms with Crippen LogP contribution in [-0.2, 0) is 0 Å². The standard InChI is InChI=1S/C19H25NO4/c1-6-23-17-11-9-15(13-19(17)24-7-2)20(3)14-8-10-16(21-4)18(12-14)22-5/h8-13H,6-7H2,1-5H3. The van der Waals surface area contributed by atoms with Crippen molar-refractivity contribution in [3.05, 3.63) is 36.4 Å². The quantitative estimate of drug-likeness (QED) is 0.722. The Hall–Kier alpha value is -2.56. The van der Waals surface area contributed by atoms with Gasteiger partial charge in [-0.3, -0.25) is 0 Å². The average Bonchev–Trinajstić information content (AvgIpc) is 2.62. The van der Waals surface area contributed by atoms with Gasteiger partial charge >= 0.3 is 0 Å². The number of benzene rings is 2. The van der Waals surface area contributed by atoms with Crippen LogP contribution in [0.1, 0.15) is 13.8 Å². The summed E-state index contributed by atoms with van der Waals surface area (Å²) in [7, 11) is 5.25. The molecule has 0 N–H and O–H groups in total. The number of anilines is 2. The number of rotatable bonds is 8. The zero-order valence-electron chi connectivity index (χ0n) is 15.0. The monoisotopic (exact) mass is 331 g/mol. The summed E-state index contributed by atoms with van der Waals surface area (Å²) in [5.74, 6) is 2.89. The topological polar surface area (TPSA) is 40.2 Å². The van der Waals surface area contributed by atoms with Crippen molar-refractivity contribution in [3.63, 3.8) is 0 Å². The maximum absolute atomic E-state index is 5.70. The summed E-state index contributed by atoms with van der Waals surface area (Å²) >= 11 is 0. The molecule has 0 unspecified atom stereocenters. The molecular formula is C19H25NO4. The SMILES string of the molecule is CCOc1ccc(N(C)c2ccc(OC)c(OC)c2)cc1OCC. The first-order valence-electron chi connectivity index (χ1n) is 8.00. The maximum Gasteiger partial charge on any atom is 0.163 e. The minimum Gasteiger partial charge on any atom is -0.493 e. The molecule has 0 heterocycles. The Labute approximate surface area is 143 Å². The van der Waals surface area contributed by atoms with Crippen LogP contribution in [0.25, 0.3) is 0 Å². The predicted octanol–water partition coefficient (Wildman–Crippen LogP) is 4.27. The molecule has 5 nitrogen and oxygen atoms in total.